The second-order valence-corrected chi connectivity index (χ2v) is 12.9. The van der Waals surface area contributed by atoms with E-state index in [1.165, 1.54) is 0 Å². The lowest BCUT2D eigenvalue weighted by molar-refractivity contribution is -0.167. The summed E-state index contributed by atoms with van der Waals surface area (Å²) < 4.78 is 23.3. The summed E-state index contributed by atoms with van der Waals surface area (Å²) in [6.45, 7) is 11.7. The Morgan fingerprint density at radius 1 is 1.16 bits per heavy atom. The molecule has 25 heavy (non-hydrogen) atoms. The molecule has 0 aliphatic carbocycles. The van der Waals surface area contributed by atoms with Gasteiger partial charge in [0.15, 0.2) is 14.6 Å². The van der Waals surface area contributed by atoms with Gasteiger partial charge >= 0.3 is 0 Å². The molecule has 5 nitrogen and oxygen atoms in total. The number of rotatable bonds is 7. The summed E-state index contributed by atoms with van der Waals surface area (Å²) in [5, 5.41) is 10.7. The molecule has 1 aromatic rings. The van der Waals surface area contributed by atoms with Crippen LogP contribution in [0.25, 0.3) is 0 Å². The molecule has 1 fully saturated rings. The minimum Gasteiger partial charge on any atom is -0.414 e. The Bertz CT molecular complexity index is 528. The van der Waals surface area contributed by atoms with Crippen LogP contribution in [-0.4, -0.2) is 51.7 Å². The van der Waals surface area contributed by atoms with Gasteiger partial charge in [0, 0.05) is 7.11 Å². The average molecular weight is 369 g/mol. The van der Waals surface area contributed by atoms with E-state index in [2.05, 4.69) is 33.9 Å². The van der Waals surface area contributed by atoms with Crippen LogP contribution in [0.1, 0.15) is 26.3 Å². The molecule has 1 aliphatic rings. The summed E-state index contributed by atoms with van der Waals surface area (Å²) in [6, 6.07) is 9.86. The Kier molecular flexibility index (Phi) is 6.81. The van der Waals surface area contributed by atoms with Crippen LogP contribution >= 0.6 is 0 Å². The van der Waals surface area contributed by atoms with Crippen LogP contribution in [0.4, 0.5) is 0 Å². The number of ether oxygens (including phenoxy) is 3. The molecule has 4 atom stereocenters. The highest BCUT2D eigenvalue weighted by Crippen LogP contribution is 2.37. The number of aliphatic hydroxyl groups is 1. The van der Waals surface area contributed by atoms with E-state index in [1.807, 2.05) is 30.3 Å². The van der Waals surface area contributed by atoms with Crippen LogP contribution < -0.4 is 0 Å². The quantitative estimate of drug-likeness (QED) is 0.748. The van der Waals surface area contributed by atoms with Crippen molar-refractivity contribution in [2.45, 2.75) is 70.1 Å². The first kappa shape index (κ1) is 20.5. The molecular weight excluding hydrogens is 336 g/mol. The number of aliphatic hydroxyl groups excluding tert-OH is 1. The smallest absolute Gasteiger partial charge is 0.192 e. The van der Waals surface area contributed by atoms with E-state index in [1.54, 1.807) is 7.11 Å². The predicted molar refractivity (Wildman–Crippen MR) is 99.8 cm³/mol. The minimum absolute atomic E-state index is 0.112. The van der Waals surface area contributed by atoms with E-state index in [0.29, 0.717) is 13.2 Å². The molecule has 142 valence electrons. The van der Waals surface area contributed by atoms with Crippen molar-refractivity contribution >= 4 is 8.32 Å². The molecule has 1 aromatic carbocycles. The predicted octanol–water partition coefficient (Wildman–Crippen LogP) is 3.33. The summed E-state index contributed by atoms with van der Waals surface area (Å²) in [5.74, 6) is 0. The Balaban J connectivity index is 1.94. The summed E-state index contributed by atoms with van der Waals surface area (Å²) >= 11 is 0. The standard InChI is InChI=1S/C19H32O5Si/c1-19(2,3)25(5,6)23-13-15-16(20)17(18(21-4)24-15)22-12-14-10-8-7-9-11-14/h7-11,15-18,20H,12-13H2,1-6H3/t15-,16+,17-,18-/m1/s1. The fourth-order valence-electron chi connectivity index (χ4n) is 2.48. The SMILES string of the molecule is CO[C@@H]1O[C@H](CO[Si](C)(C)C(C)(C)C)[C@H](O)[C@H]1OCc1ccccc1. The van der Waals surface area contributed by atoms with Crippen LogP contribution in [-0.2, 0) is 25.2 Å². The van der Waals surface area contributed by atoms with Crippen molar-refractivity contribution in [3.63, 3.8) is 0 Å². The molecule has 1 N–H and O–H groups in total. The molecule has 0 aromatic heterocycles. The third kappa shape index (κ3) is 5.12. The topological polar surface area (TPSA) is 57.2 Å². The van der Waals surface area contributed by atoms with E-state index in [4.69, 9.17) is 18.6 Å². The third-order valence-corrected chi connectivity index (χ3v) is 9.73. The van der Waals surface area contributed by atoms with E-state index in [-0.39, 0.29) is 5.04 Å². The summed E-state index contributed by atoms with van der Waals surface area (Å²) in [7, 11) is -0.337. The number of methoxy groups -OCH3 is 1. The monoisotopic (exact) mass is 368 g/mol. The van der Waals surface area contributed by atoms with Crippen LogP contribution in [0.5, 0.6) is 0 Å². The first-order chi connectivity index (χ1) is 11.7. The van der Waals surface area contributed by atoms with Gasteiger partial charge in [-0.05, 0) is 23.7 Å². The lowest BCUT2D eigenvalue weighted by Gasteiger charge is -2.37. The molecule has 1 aliphatic heterocycles. The van der Waals surface area contributed by atoms with Crippen molar-refractivity contribution in [1.82, 2.24) is 0 Å². The van der Waals surface area contributed by atoms with Gasteiger partial charge in [0.2, 0.25) is 0 Å². The zero-order chi connectivity index (χ0) is 18.7. The van der Waals surface area contributed by atoms with E-state index >= 15 is 0 Å². The fourth-order valence-corrected chi connectivity index (χ4v) is 3.50. The molecule has 2 rings (SSSR count). The lowest BCUT2D eigenvalue weighted by Crippen LogP contribution is -2.44. The molecule has 0 amide bonds. The van der Waals surface area contributed by atoms with Crippen LogP contribution in [0.15, 0.2) is 30.3 Å². The average Bonchev–Trinajstić information content (AvgIpc) is 2.86. The zero-order valence-electron chi connectivity index (χ0n) is 16.2. The van der Waals surface area contributed by atoms with Gasteiger partial charge in [0.25, 0.3) is 0 Å². The van der Waals surface area contributed by atoms with Gasteiger partial charge in [-0.3, -0.25) is 0 Å². The second kappa shape index (κ2) is 8.29. The van der Waals surface area contributed by atoms with Crippen LogP contribution in [0.3, 0.4) is 0 Å². The molecule has 0 radical (unpaired) electrons. The van der Waals surface area contributed by atoms with Gasteiger partial charge in [0.1, 0.15) is 18.3 Å². The van der Waals surface area contributed by atoms with Crippen molar-refractivity contribution in [3.05, 3.63) is 35.9 Å². The van der Waals surface area contributed by atoms with Gasteiger partial charge < -0.3 is 23.7 Å². The largest absolute Gasteiger partial charge is 0.414 e. The Morgan fingerprint density at radius 2 is 1.80 bits per heavy atom. The van der Waals surface area contributed by atoms with Gasteiger partial charge in [0.05, 0.1) is 13.2 Å². The maximum Gasteiger partial charge on any atom is 0.192 e. The molecule has 0 bridgehead atoms. The van der Waals surface area contributed by atoms with E-state index in [0.717, 1.165) is 5.56 Å². The molecule has 0 saturated carbocycles. The van der Waals surface area contributed by atoms with Crippen LogP contribution in [0.2, 0.25) is 18.1 Å². The summed E-state index contributed by atoms with van der Waals surface area (Å²) in [6.07, 6.45) is -2.34. The Labute approximate surface area is 152 Å². The number of hydrogen-bond donors (Lipinski definition) is 1. The van der Waals surface area contributed by atoms with Gasteiger partial charge in [-0.1, -0.05) is 51.1 Å². The minimum atomic E-state index is -1.90. The highest BCUT2D eigenvalue weighted by Gasteiger charge is 2.46. The normalized spacial score (nSPS) is 27.6. The van der Waals surface area contributed by atoms with E-state index < -0.39 is 32.9 Å². The fraction of sp³-hybridized carbons (Fsp3) is 0.684. The number of benzene rings is 1. The maximum atomic E-state index is 10.6. The molecule has 1 heterocycles. The molecule has 1 saturated heterocycles. The second-order valence-electron chi connectivity index (χ2n) is 8.10. The Hall–Kier alpha value is -0.763. The van der Waals surface area contributed by atoms with Crippen molar-refractivity contribution in [1.29, 1.82) is 0 Å². The summed E-state index contributed by atoms with van der Waals surface area (Å²) in [5.41, 5.74) is 1.05. The van der Waals surface area contributed by atoms with Gasteiger partial charge in [-0.2, -0.15) is 0 Å². The first-order valence-electron chi connectivity index (χ1n) is 8.81. The van der Waals surface area contributed by atoms with Crippen molar-refractivity contribution in [3.8, 4) is 0 Å². The van der Waals surface area contributed by atoms with Crippen molar-refractivity contribution in [2.24, 2.45) is 0 Å². The lowest BCUT2D eigenvalue weighted by atomic mass is 10.1. The van der Waals surface area contributed by atoms with Gasteiger partial charge in [-0.15, -0.1) is 0 Å². The third-order valence-electron chi connectivity index (χ3n) is 5.23. The van der Waals surface area contributed by atoms with E-state index in [9.17, 15) is 5.11 Å². The highest BCUT2D eigenvalue weighted by molar-refractivity contribution is 6.74. The Morgan fingerprint density at radius 3 is 2.36 bits per heavy atom. The van der Waals surface area contributed by atoms with Crippen molar-refractivity contribution < 1.29 is 23.7 Å². The highest BCUT2D eigenvalue weighted by atomic mass is 28.4. The molecule has 6 heteroatoms. The van der Waals surface area contributed by atoms with Gasteiger partial charge in [-0.25, -0.2) is 0 Å². The maximum absolute atomic E-state index is 10.6. The molecule has 0 unspecified atom stereocenters. The van der Waals surface area contributed by atoms with Crippen molar-refractivity contribution in [2.75, 3.05) is 13.7 Å². The number of hydrogen-bond acceptors (Lipinski definition) is 5. The summed E-state index contributed by atoms with van der Waals surface area (Å²) in [4.78, 5) is 0. The molecular formula is C19H32O5Si. The van der Waals surface area contributed by atoms with Crippen LogP contribution in [0, 0.1) is 0 Å². The zero-order valence-corrected chi connectivity index (χ0v) is 17.2. The molecule has 0 spiro atoms. The first-order valence-corrected chi connectivity index (χ1v) is 11.7.